The summed E-state index contributed by atoms with van der Waals surface area (Å²) >= 11 is 0. The van der Waals surface area contributed by atoms with Gasteiger partial charge in [-0.2, -0.15) is 0 Å². The van der Waals surface area contributed by atoms with E-state index in [9.17, 15) is 4.79 Å². The molecule has 25 heavy (non-hydrogen) atoms. The Hall–Kier alpha value is -2.49. The number of carbonyl (C=O) groups excluding carboxylic acids is 1. The number of nitrogens with one attached hydrogen (secondary N) is 1. The summed E-state index contributed by atoms with van der Waals surface area (Å²) in [7, 11) is 1.62. The van der Waals surface area contributed by atoms with Crippen molar-refractivity contribution in [1.82, 2.24) is 5.32 Å². The lowest BCUT2D eigenvalue weighted by molar-refractivity contribution is -0.122. The van der Waals surface area contributed by atoms with Crippen molar-refractivity contribution in [2.75, 3.05) is 13.7 Å². The van der Waals surface area contributed by atoms with Gasteiger partial charge in [0.1, 0.15) is 11.5 Å². The van der Waals surface area contributed by atoms with Crippen LogP contribution in [-0.4, -0.2) is 19.6 Å². The molecular weight excluding hydrogens is 314 g/mol. The van der Waals surface area contributed by atoms with E-state index in [1.807, 2.05) is 31.2 Å². The second kappa shape index (κ2) is 9.11. The maximum atomic E-state index is 12.1. The molecule has 0 saturated carbocycles. The van der Waals surface area contributed by atoms with Crippen LogP contribution >= 0.6 is 0 Å². The predicted octanol–water partition coefficient (Wildman–Crippen LogP) is 4.46. The molecule has 0 fully saturated rings. The van der Waals surface area contributed by atoms with Gasteiger partial charge in [0.25, 0.3) is 0 Å². The molecule has 0 aliphatic carbocycles. The minimum atomic E-state index is -0.0195. The summed E-state index contributed by atoms with van der Waals surface area (Å²) in [6.45, 7) is 6.68. The molecule has 1 N–H and O–H groups in total. The van der Waals surface area contributed by atoms with Crippen molar-refractivity contribution in [3.05, 3.63) is 59.7 Å². The first-order chi connectivity index (χ1) is 12.0. The molecule has 0 bridgehead atoms. The van der Waals surface area contributed by atoms with Crippen molar-refractivity contribution in [3.63, 3.8) is 0 Å². The lowest BCUT2D eigenvalue weighted by atomic mass is 9.99. The van der Waals surface area contributed by atoms with Gasteiger partial charge in [0, 0.05) is 0 Å². The summed E-state index contributed by atoms with van der Waals surface area (Å²) in [4.78, 5) is 12.1. The Morgan fingerprint density at radius 1 is 0.920 bits per heavy atom. The largest absolute Gasteiger partial charge is 0.497 e. The molecule has 0 heterocycles. The lowest BCUT2D eigenvalue weighted by Crippen LogP contribution is -2.27. The number of ether oxygens (including phenoxy) is 2. The highest BCUT2D eigenvalue weighted by Crippen LogP contribution is 2.19. The van der Waals surface area contributed by atoms with Crippen LogP contribution in [0.25, 0.3) is 0 Å². The Balaban J connectivity index is 1.76. The fraction of sp³-hybridized carbons (Fsp3) is 0.381. The smallest absolute Gasteiger partial charge is 0.223 e. The summed E-state index contributed by atoms with van der Waals surface area (Å²) in [6.07, 6.45) is 0.320. The van der Waals surface area contributed by atoms with Crippen molar-refractivity contribution >= 4 is 5.91 Å². The molecule has 2 aromatic rings. The van der Waals surface area contributed by atoms with Gasteiger partial charge in [-0.05, 0) is 48.2 Å². The average Bonchev–Trinajstić information content (AvgIpc) is 2.62. The summed E-state index contributed by atoms with van der Waals surface area (Å²) in [6, 6.07) is 15.7. The zero-order valence-electron chi connectivity index (χ0n) is 15.4. The number of methoxy groups -OCH3 is 1. The Morgan fingerprint density at radius 3 is 2.04 bits per heavy atom. The maximum Gasteiger partial charge on any atom is 0.223 e. The summed E-state index contributed by atoms with van der Waals surface area (Å²) < 4.78 is 10.7. The average molecular weight is 341 g/mol. The molecule has 1 unspecified atom stereocenters. The van der Waals surface area contributed by atoms with E-state index >= 15 is 0 Å². The molecule has 0 aliphatic heterocycles. The third kappa shape index (κ3) is 5.82. The van der Waals surface area contributed by atoms with Gasteiger partial charge in [-0.15, -0.1) is 0 Å². The number of carbonyl (C=O) groups is 1. The SMILES string of the molecule is COc1ccc(OCCC(=O)NC(C)c2ccc(C(C)C)cc2)cc1. The number of amides is 1. The standard InChI is InChI=1S/C21H27NO3/c1-15(2)17-5-7-18(8-6-17)16(3)22-21(23)13-14-25-20-11-9-19(24-4)10-12-20/h5-12,15-16H,13-14H2,1-4H3,(H,22,23). The van der Waals surface area contributed by atoms with E-state index in [1.54, 1.807) is 7.11 Å². The van der Waals surface area contributed by atoms with Crippen LogP contribution in [0.3, 0.4) is 0 Å². The van der Waals surface area contributed by atoms with Crippen molar-refractivity contribution in [3.8, 4) is 11.5 Å². The van der Waals surface area contributed by atoms with Crippen LogP contribution in [0, 0.1) is 0 Å². The summed E-state index contributed by atoms with van der Waals surface area (Å²) in [5.41, 5.74) is 2.41. The van der Waals surface area contributed by atoms with Gasteiger partial charge in [0.2, 0.25) is 5.91 Å². The quantitative estimate of drug-likeness (QED) is 0.771. The van der Waals surface area contributed by atoms with E-state index in [1.165, 1.54) is 5.56 Å². The highest BCUT2D eigenvalue weighted by Gasteiger charge is 2.10. The predicted molar refractivity (Wildman–Crippen MR) is 100 cm³/mol. The fourth-order valence-corrected chi connectivity index (χ4v) is 2.50. The monoisotopic (exact) mass is 341 g/mol. The Kier molecular flexibility index (Phi) is 6.87. The molecule has 0 aromatic heterocycles. The van der Waals surface area contributed by atoms with Crippen LogP contribution in [-0.2, 0) is 4.79 Å². The molecule has 0 spiro atoms. The first kappa shape index (κ1) is 18.8. The van der Waals surface area contributed by atoms with Gasteiger partial charge >= 0.3 is 0 Å². The second-order valence-corrected chi connectivity index (χ2v) is 6.38. The maximum absolute atomic E-state index is 12.1. The minimum Gasteiger partial charge on any atom is -0.497 e. The molecule has 0 saturated heterocycles. The van der Waals surface area contributed by atoms with Crippen LogP contribution in [0.15, 0.2) is 48.5 Å². The number of hydrogen-bond acceptors (Lipinski definition) is 3. The fourth-order valence-electron chi connectivity index (χ4n) is 2.50. The molecule has 2 rings (SSSR count). The number of benzene rings is 2. The Morgan fingerprint density at radius 2 is 1.48 bits per heavy atom. The third-order valence-electron chi connectivity index (χ3n) is 4.14. The van der Waals surface area contributed by atoms with Crippen molar-refractivity contribution in [2.45, 2.75) is 39.2 Å². The topological polar surface area (TPSA) is 47.6 Å². The highest BCUT2D eigenvalue weighted by atomic mass is 16.5. The first-order valence-corrected chi connectivity index (χ1v) is 8.65. The molecule has 4 heteroatoms. The first-order valence-electron chi connectivity index (χ1n) is 8.65. The van der Waals surface area contributed by atoms with E-state index in [0.29, 0.717) is 18.9 Å². The van der Waals surface area contributed by atoms with Gasteiger partial charge in [0.15, 0.2) is 0 Å². The molecule has 1 atom stereocenters. The van der Waals surface area contributed by atoms with Gasteiger partial charge in [0.05, 0.1) is 26.2 Å². The molecule has 4 nitrogen and oxygen atoms in total. The highest BCUT2D eigenvalue weighted by molar-refractivity contribution is 5.76. The van der Waals surface area contributed by atoms with E-state index < -0.39 is 0 Å². The summed E-state index contributed by atoms with van der Waals surface area (Å²) in [5.74, 6) is 2.00. The van der Waals surface area contributed by atoms with Crippen molar-refractivity contribution in [2.24, 2.45) is 0 Å². The summed E-state index contributed by atoms with van der Waals surface area (Å²) in [5, 5.41) is 3.01. The van der Waals surface area contributed by atoms with E-state index in [-0.39, 0.29) is 11.9 Å². The van der Waals surface area contributed by atoms with Crippen LogP contribution in [0.5, 0.6) is 11.5 Å². The second-order valence-electron chi connectivity index (χ2n) is 6.38. The number of hydrogen-bond donors (Lipinski definition) is 1. The van der Waals surface area contributed by atoms with Gasteiger partial charge < -0.3 is 14.8 Å². The van der Waals surface area contributed by atoms with Crippen LogP contribution in [0.2, 0.25) is 0 Å². The van der Waals surface area contributed by atoms with Gasteiger partial charge in [-0.25, -0.2) is 0 Å². The zero-order chi connectivity index (χ0) is 18.2. The van der Waals surface area contributed by atoms with Crippen LogP contribution in [0.1, 0.15) is 50.3 Å². The Bertz CT molecular complexity index is 663. The van der Waals surface area contributed by atoms with E-state index in [2.05, 4.69) is 43.4 Å². The van der Waals surface area contributed by atoms with Crippen molar-refractivity contribution < 1.29 is 14.3 Å². The molecule has 0 aliphatic rings. The van der Waals surface area contributed by atoms with E-state index in [4.69, 9.17) is 9.47 Å². The molecular formula is C21H27NO3. The van der Waals surface area contributed by atoms with Gasteiger partial charge in [-0.1, -0.05) is 38.1 Å². The zero-order valence-corrected chi connectivity index (χ0v) is 15.4. The van der Waals surface area contributed by atoms with Crippen LogP contribution < -0.4 is 14.8 Å². The van der Waals surface area contributed by atoms with E-state index in [0.717, 1.165) is 17.1 Å². The van der Waals surface area contributed by atoms with Gasteiger partial charge in [-0.3, -0.25) is 4.79 Å². The minimum absolute atomic E-state index is 0.0188. The third-order valence-corrected chi connectivity index (χ3v) is 4.14. The molecule has 2 aromatic carbocycles. The number of rotatable bonds is 8. The Labute approximate surface area is 150 Å². The molecule has 1 amide bonds. The molecule has 134 valence electrons. The molecule has 0 radical (unpaired) electrons. The van der Waals surface area contributed by atoms with Crippen LogP contribution in [0.4, 0.5) is 0 Å². The normalized spacial score (nSPS) is 11.9. The lowest BCUT2D eigenvalue weighted by Gasteiger charge is -2.16. The van der Waals surface area contributed by atoms with Crippen molar-refractivity contribution in [1.29, 1.82) is 0 Å².